The van der Waals surface area contributed by atoms with E-state index in [9.17, 15) is 4.79 Å². The van der Waals surface area contributed by atoms with Gasteiger partial charge in [-0.05, 0) is 37.1 Å². The minimum absolute atomic E-state index is 0.0279. The number of rotatable bonds is 6. The number of anilines is 1. The number of hydrogen-bond acceptors (Lipinski definition) is 8. The van der Waals surface area contributed by atoms with Crippen LogP contribution in [0.25, 0.3) is 11.4 Å². The first-order valence-corrected chi connectivity index (χ1v) is 9.47. The van der Waals surface area contributed by atoms with Gasteiger partial charge >= 0.3 is 6.01 Å². The minimum Gasteiger partial charge on any atom is -0.497 e. The first kappa shape index (κ1) is 18.9. The van der Waals surface area contributed by atoms with Crippen molar-refractivity contribution in [1.82, 2.24) is 25.4 Å². The fourth-order valence-corrected chi connectivity index (χ4v) is 3.29. The Bertz CT molecular complexity index is 936. The summed E-state index contributed by atoms with van der Waals surface area (Å²) in [6.07, 6.45) is 6.34. The summed E-state index contributed by atoms with van der Waals surface area (Å²) < 4.78 is 10.6. The molecule has 3 heterocycles. The van der Waals surface area contributed by atoms with Crippen molar-refractivity contribution in [1.29, 1.82) is 0 Å². The topological polar surface area (TPSA) is 106 Å². The zero-order valence-corrected chi connectivity index (χ0v) is 16.1. The van der Waals surface area contributed by atoms with Crippen LogP contribution in [-0.4, -0.2) is 46.2 Å². The van der Waals surface area contributed by atoms with Gasteiger partial charge in [0.1, 0.15) is 12.1 Å². The molecule has 1 fully saturated rings. The standard InChI is InChI=1S/C20H22N6O3/c1-28-17-4-2-15(3-5-17)18-24-20(29-25-18)26-8-6-16(7-9-26)19(27)23-12-14-10-21-13-22-11-14/h2-5,10-11,13,16H,6-9,12H2,1H3,(H,23,27). The maximum Gasteiger partial charge on any atom is 0.324 e. The second kappa shape index (κ2) is 8.68. The molecule has 0 unspecified atom stereocenters. The highest BCUT2D eigenvalue weighted by atomic mass is 16.5. The van der Waals surface area contributed by atoms with Crippen LogP contribution in [0.15, 0.2) is 47.5 Å². The molecule has 0 radical (unpaired) electrons. The highest BCUT2D eigenvalue weighted by Crippen LogP contribution is 2.25. The van der Waals surface area contributed by atoms with E-state index in [4.69, 9.17) is 9.26 Å². The number of hydrogen-bond donors (Lipinski definition) is 1. The molecule has 0 saturated carbocycles. The van der Waals surface area contributed by atoms with Crippen LogP contribution in [0.2, 0.25) is 0 Å². The second-order valence-corrected chi connectivity index (χ2v) is 6.85. The lowest BCUT2D eigenvalue weighted by Gasteiger charge is -2.29. The monoisotopic (exact) mass is 394 g/mol. The predicted molar refractivity (Wildman–Crippen MR) is 105 cm³/mol. The van der Waals surface area contributed by atoms with E-state index in [0.29, 0.717) is 31.5 Å². The van der Waals surface area contributed by atoms with E-state index in [2.05, 4.69) is 25.4 Å². The maximum atomic E-state index is 12.4. The molecule has 4 rings (SSSR count). The Morgan fingerprint density at radius 3 is 2.62 bits per heavy atom. The van der Waals surface area contributed by atoms with Crippen LogP contribution in [0.5, 0.6) is 5.75 Å². The molecule has 0 bridgehead atoms. The molecule has 0 spiro atoms. The van der Waals surface area contributed by atoms with Gasteiger partial charge in [0.05, 0.1) is 7.11 Å². The Morgan fingerprint density at radius 1 is 1.21 bits per heavy atom. The number of ether oxygens (including phenoxy) is 1. The second-order valence-electron chi connectivity index (χ2n) is 6.85. The summed E-state index contributed by atoms with van der Waals surface area (Å²) >= 11 is 0. The molecule has 29 heavy (non-hydrogen) atoms. The van der Waals surface area contributed by atoms with Crippen LogP contribution in [0, 0.1) is 5.92 Å². The molecule has 9 heteroatoms. The van der Waals surface area contributed by atoms with Gasteiger partial charge in [0, 0.05) is 49.1 Å². The largest absolute Gasteiger partial charge is 0.497 e. The number of piperidine rings is 1. The lowest BCUT2D eigenvalue weighted by molar-refractivity contribution is -0.125. The molecule has 1 aliphatic heterocycles. The third-order valence-electron chi connectivity index (χ3n) is 4.98. The molecule has 1 N–H and O–H groups in total. The summed E-state index contributed by atoms with van der Waals surface area (Å²) in [5.41, 5.74) is 1.75. The zero-order valence-electron chi connectivity index (χ0n) is 16.1. The van der Waals surface area contributed by atoms with Crippen molar-refractivity contribution in [3.05, 3.63) is 48.5 Å². The van der Waals surface area contributed by atoms with Crippen molar-refractivity contribution in [3.8, 4) is 17.1 Å². The van der Waals surface area contributed by atoms with Crippen molar-refractivity contribution in [2.24, 2.45) is 5.92 Å². The number of nitrogens with zero attached hydrogens (tertiary/aromatic N) is 5. The van der Waals surface area contributed by atoms with E-state index in [0.717, 1.165) is 29.7 Å². The van der Waals surface area contributed by atoms with Gasteiger partial charge in [-0.1, -0.05) is 5.16 Å². The lowest BCUT2D eigenvalue weighted by atomic mass is 9.96. The fourth-order valence-electron chi connectivity index (χ4n) is 3.29. The van der Waals surface area contributed by atoms with Gasteiger partial charge in [-0.2, -0.15) is 4.98 Å². The Balaban J connectivity index is 1.30. The summed E-state index contributed by atoms with van der Waals surface area (Å²) in [6, 6.07) is 7.98. The quantitative estimate of drug-likeness (QED) is 0.677. The first-order valence-electron chi connectivity index (χ1n) is 9.47. The van der Waals surface area contributed by atoms with Crippen LogP contribution in [0.4, 0.5) is 6.01 Å². The molecule has 3 aromatic rings. The third kappa shape index (κ3) is 4.50. The van der Waals surface area contributed by atoms with Crippen LogP contribution < -0.4 is 15.0 Å². The van der Waals surface area contributed by atoms with E-state index < -0.39 is 0 Å². The van der Waals surface area contributed by atoms with Crippen LogP contribution >= 0.6 is 0 Å². The Hall–Kier alpha value is -3.49. The Labute approximate surface area is 168 Å². The molecular formula is C20H22N6O3. The van der Waals surface area contributed by atoms with Crippen LogP contribution in [-0.2, 0) is 11.3 Å². The van der Waals surface area contributed by atoms with Gasteiger partial charge in [0.15, 0.2) is 0 Å². The maximum absolute atomic E-state index is 12.4. The number of methoxy groups -OCH3 is 1. The van der Waals surface area contributed by atoms with E-state index in [1.54, 1.807) is 19.5 Å². The molecule has 0 atom stereocenters. The lowest BCUT2D eigenvalue weighted by Crippen LogP contribution is -2.40. The number of carbonyl (C=O) groups excluding carboxylic acids is 1. The van der Waals surface area contributed by atoms with Gasteiger partial charge in [-0.15, -0.1) is 0 Å². The van der Waals surface area contributed by atoms with Gasteiger partial charge in [-0.3, -0.25) is 4.79 Å². The average molecular weight is 394 g/mol. The summed E-state index contributed by atoms with van der Waals surface area (Å²) in [4.78, 5) is 26.9. The smallest absolute Gasteiger partial charge is 0.324 e. The summed E-state index contributed by atoms with van der Waals surface area (Å²) in [6.45, 7) is 1.82. The molecular weight excluding hydrogens is 372 g/mol. The molecule has 0 aliphatic carbocycles. The highest BCUT2D eigenvalue weighted by molar-refractivity contribution is 5.78. The number of nitrogens with one attached hydrogen (secondary N) is 1. The summed E-state index contributed by atoms with van der Waals surface area (Å²) in [7, 11) is 1.63. The van der Waals surface area contributed by atoms with E-state index in [1.165, 1.54) is 6.33 Å². The predicted octanol–water partition coefficient (Wildman–Crippen LogP) is 2.07. The number of amides is 1. The van der Waals surface area contributed by atoms with Crippen LogP contribution in [0.1, 0.15) is 18.4 Å². The SMILES string of the molecule is COc1ccc(-c2noc(N3CCC(C(=O)NCc4cncnc4)CC3)n2)cc1. The molecule has 150 valence electrons. The van der Waals surface area contributed by atoms with Crippen molar-refractivity contribution in [2.45, 2.75) is 19.4 Å². The third-order valence-corrected chi connectivity index (χ3v) is 4.98. The molecule has 1 amide bonds. The zero-order chi connectivity index (χ0) is 20.1. The minimum atomic E-state index is -0.0279. The van der Waals surface area contributed by atoms with E-state index in [1.807, 2.05) is 29.2 Å². The number of benzene rings is 1. The van der Waals surface area contributed by atoms with E-state index >= 15 is 0 Å². The normalized spacial score (nSPS) is 14.6. The molecule has 1 aromatic carbocycles. The fraction of sp³-hybridized carbons (Fsp3) is 0.350. The van der Waals surface area contributed by atoms with Crippen molar-refractivity contribution < 1.29 is 14.1 Å². The number of aromatic nitrogens is 4. The van der Waals surface area contributed by atoms with E-state index in [-0.39, 0.29) is 11.8 Å². The van der Waals surface area contributed by atoms with Gasteiger partial charge in [-0.25, -0.2) is 9.97 Å². The van der Waals surface area contributed by atoms with Crippen LogP contribution in [0.3, 0.4) is 0 Å². The number of carbonyl (C=O) groups is 1. The summed E-state index contributed by atoms with van der Waals surface area (Å²) in [5, 5.41) is 7.03. The first-order chi connectivity index (χ1) is 14.2. The molecule has 1 aliphatic rings. The Kier molecular flexibility index (Phi) is 5.64. The van der Waals surface area contributed by atoms with Crippen molar-refractivity contribution in [2.75, 3.05) is 25.1 Å². The van der Waals surface area contributed by atoms with Gasteiger partial charge < -0.3 is 19.5 Å². The molecule has 9 nitrogen and oxygen atoms in total. The van der Waals surface area contributed by atoms with Gasteiger partial charge in [0.2, 0.25) is 11.7 Å². The summed E-state index contributed by atoms with van der Waals surface area (Å²) in [5.74, 6) is 1.34. The van der Waals surface area contributed by atoms with Gasteiger partial charge in [0.25, 0.3) is 0 Å². The molecule has 1 saturated heterocycles. The average Bonchev–Trinajstić information content (AvgIpc) is 3.29. The molecule has 2 aromatic heterocycles. The highest BCUT2D eigenvalue weighted by Gasteiger charge is 2.27. The van der Waals surface area contributed by atoms with Crippen molar-refractivity contribution in [3.63, 3.8) is 0 Å². The van der Waals surface area contributed by atoms with Crippen molar-refractivity contribution >= 4 is 11.9 Å². The Morgan fingerprint density at radius 2 is 1.93 bits per heavy atom.